The number of H-pyrrole nitrogens is 1. The van der Waals surface area contributed by atoms with Gasteiger partial charge in [-0.25, -0.2) is 0 Å². The maximum absolute atomic E-state index is 12.9. The molecule has 1 fully saturated rings. The number of carbonyl (C=O) groups is 1. The van der Waals surface area contributed by atoms with Gasteiger partial charge in [0, 0.05) is 6.61 Å². The monoisotopic (exact) mass is 389 g/mol. The summed E-state index contributed by atoms with van der Waals surface area (Å²) in [6, 6.07) is 6.89. The van der Waals surface area contributed by atoms with Crippen molar-refractivity contribution in [3.63, 3.8) is 0 Å². The lowest BCUT2D eigenvalue weighted by molar-refractivity contribution is -0.113. The summed E-state index contributed by atoms with van der Waals surface area (Å²) in [6.07, 6.45) is 1.50. The fourth-order valence-corrected chi connectivity index (χ4v) is 5.00. The molecular formula is C19H23N3O4S. The van der Waals surface area contributed by atoms with Crippen molar-refractivity contribution < 1.29 is 14.6 Å². The van der Waals surface area contributed by atoms with Crippen molar-refractivity contribution >= 4 is 23.5 Å². The number of phenols is 1. The fourth-order valence-electron chi connectivity index (χ4n) is 3.89. The molecule has 3 N–H and O–H groups in total. The molecule has 0 unspecified atom stereocenters. The number of aromatic amines is 1. The number of hydrogen-bond acceptors (Lipinski definition) is 5. The first-order chi connectivity index (χ1) is 12.8. The van der Waals surface area contributed by atoms with Crippen molar-refractivity contribution in [2.75, 3.05) is 17.7 Å². The van der Waals surface area contributed by atoms with Gasteiger partial charge < -0.3 is 15.2 Å². The molecule has 2 aliphatic rings. The van der Waals surface area contributed by atoms with Crippen LogP contribution in [0, 0.1) is 0 Å². The zero-order chi connectivity index (χ0) is 19.2. The number of nitrogens with one attached hydrogen (secondary N) is 2. The van der Waals surface area contributed by atoms with Crippen LogP contribution >= 0.6 is 11.8 Å². The number of thioether (sulfide) groups is 1. The Morgan fingerprint density at radius 3 is 2.89 bits per heavy atom. The van der Waals surface area contributed by atoms with Gasteiger partial charge in [0.1, 0.15) is 11.6 Å². The van der Waals surface area contributed by atoms with Gasteiger partial charge in [0.25, 0.3) is 5.56 Å². The third-order valence-electron chi connectivity index (χ3n) is 5.07. The van der Waals surface area contributed by atoms with Crippen LogP contribution in [0.1, 0.15) is 49.1 Å². The van der Waals surface area contributed by atoms with Gasteiger partial charge in [0.2, 0.25) is 5.91 Å². The molecule has 4 rings (SSSR count). The second-order valence-corrected chi connectivity index (χ2v) is 8.76. The maximum atomic E-state index is 12.9. The van der Waals surface area contributed by atoms with Crippen LogP contribution in [0.3, 0.4) is 0 Å². The molecular weight excluding hydrogens is 366 g/mol. The SMILES string of the molecule is CC1(C)C[C@@H](n2[nH]c(=O)c3c2NC(=O)CS[C@H]3c2cccc(O)c2)CCO1. The minimum absolute atomic E-state index is 0.0402. The van der Waals surface area contributed by atoms with Crippen molar-refractivity contribution in [3.8, 4) is 5.75 Å². The Bertz CT molecular complexity index is 933. The molecule has 7 nitrogen and oxygen atoms in total. The van der Waals surface area contributed by atoms with Gasteiger partial charge in [-0.15, -0.1) is 11.8 Å². The Morgan fingerprint density at radius 1 is 1.33 bits per heavy atom. The molecule has 3 heterocycles. The van der Waals surface area contributed by atoms with Crippen molar-refractivity contribution in [1.29, 1.82) is 0 Å². The van der Waals surface area contributed by atoms with Crippen LogP contribution in [0.4, 0.5) is 5.82 Å². The quantitative estimate of drug-likeness (QED) is 0.734. The summed E-state index contributed by atoms with van der Waals surface area (Å²) in [7, 11) is 0. The number of rotatable bonds is 2. The zero-order valence-electron chi connectivity index (χ0n) is 15.3. The molecule has 0 aliphatic carbocycles. The van der Waals surface area contributed by atoms with E-state index in [9.17, 15) is 14.7 Å². The molecule has 8 heteroatoms. The van der Waals surface area contributed by atoms with Crippen LogP contribution in [0.5, 0.6) is 5.75 Å². The highest BCUT2D eigenvalue weighted by atomic mass is 32.2. The normalized spacial score (nSPS) is 24.7. The Kier molecular flexibility index (Phi) is 4.55. The lowest BCUT2D eigenvalue weighted by Crippen LogP contribution is -2.36. The molecule has 0 spiro atoms. The number of carbonyl (C=O) groups excluding carboxylic acids is 1. The van der Waals surface area contributed by atoms with Crippen molar-refractivity contribution in [2.24, 2.45) is 0 Å². The molecule has 27 heavy (non-hydrogen) atoms. The van der Waals surface area contributed by atoms with Crippen LogP contribution in [0.25, 0.3) is 0 Å². The summed E-state index contributed by atoms with van der Waals surface area (Å²) >= 11 is 1.39. The number of aromatic hydroxyl groups is 1. The van der Waals surface area contributed by atoms with E-state index in [1.807, 2.05) is 24.6 Å². The number of aromatic nitrogens is 2. The van der Waals surface area contributed by atoms with E-state index in [2.05, 4.69) is 10.4 Å². The summed E-state index contributed by atoms with van der Waals surface area (Å²) in [5, 5.41) is 15.4. The Balaban J connectivity index is 1.81. The molecule has 0 radical (unpaired) electrons. The van der Waals surface area contributed by atoms with Gasteiger partial charge in [-0.1, -0.05) is 12.1 Å². The number of hydrogen-bond donors (Lipinski definition) is 3. The molecule has 2 aromatic rings. The average molecular weight is 389 g/mol. The van der Waals surface area contributed by atoms with Gasteiger partial charge >= 0.3 is 0 Å². The maximum Gasteiger partial charge on any atom is 0.270 e. The topological polar surface area (TPSA) is 96.4 Å². The molecule has 1 saturated heterocycles. The van der Waals surface area contributed by atoms with Crippen molar-refractivity contribution in [1.82, 2.24) is 9.78 Å². The number of ether oxygens (including phenoxy) is 1. The molecule has 2 aliphatic heterocycles. The largest absolute Gasteiger partial charge is 0.508 e. The summed E-state index contributed by atoms with van der Waals surface area (Å²) < 4.78 is 7.60. The second kappa shape index (κ2) is 6.76. The minimum Gasteiger partial charge on any atom is -0.508 e. The molecule has 1 amide bonds. The summed E-state index contributed by atoms with van der Waals surface area (Å²) in [4.78, 5) is 25.2. The standard InChI is InChI=1S/C19H23N3O4S/c1-19(2)9-12(6-7-26-19)22-17-15(18(25)21-22)16(27-10-14(24)20-17)11-4-3-5-13(23)8-11/h3-5,8,12,16,23H,6-7,9-10H2,1-2H3,(H,20,24)(H,21,25)/t12-,16-/m0/s1. The first-order valence-corrected chi connectivity index (χ1v) is 10.1. The molecule has 1 aromatic carbocycles. The predicted octanol–water partition coefficient (Wildman–Crippen LogP) is 2.79. The number of anilines is 1. The van der Waals surface area contributed by atoms with E-state index in [4.69, 9.17) is 4.74 Å². The van der Waals surface area contributed by atoms with Crippen molar-refractivity contribution in [2.45, 2.75) is 43.6 Å². The average Bonchev–Trinajstić information content (AvgIpc) is 2.80. The van der Waals surface area contributed by atoms with Gasteiger partial charge in [-0.05, 0) is 44.4 Å². The van der Waals surface area contributed by atoms with E-state index in [0.717, 1.165) is 18.4 Å². The van der Waals surface area contributed by atoms with Crippen LogP contribution < -0.4 is 10.9 Å². The second-order valence-electron chi connectivity index (χ2n) is 7.66. The summed E-state index contributed by atoms with van der Waals surface area (Å²) in [5.41, 5.74) is 0.830. The van der Waals surface area contributed by atoms with Gasteiger partial charge in [0.05, 0.1) is 28.2 Å². The summed E-state index contributed by atoms with van der Waals surface area (Å²) in [5.74, 6) is 0.780. The Hall–Kier alpha value is -2.19. The van der Waals surface area contributed by atoms with Crippen LogP contribution in [0.2, 0.25) is 0 Å². The van der Waals surface area contributed by atoms with Gasteiger partial charge in [-0.3, -0.25) is 19.4 Å². The van der Waals surface area contributed by atoms with Crippen LogP contribution in [-0.4, -0.2) is 38.8 Å². The van der Waals surface area contributed by atoms with E-state index in [1.54, 1.807) is 18.2 Å². The lowest BCUT2D eigenvalue weighted by atomic mass is 9.94. The highest BCUT2D eigenvalue weighted by Crippen LogP contribution is 2.42. The van der Waals surface area contributed by atoms with E-state index in [-0.39, 0.29) is 39.9 Å². The first kappa shape index (κ1) is 18.2. The molecule has 1 aromatic heterocycles. The van der Waals surface area contributed by atoms with E-state index in [1.165, 1.54) is 11.8 Å². The van der Waals surface area contributed by atoms with Crippen LogP contribution in [-0.2, 0) is 9.53 Å². The molecule has 0 bridgehead atoms. The fraction of sp³-hybridized carbons (Fsp3) is 0.474. The number of benzene rings is 1. The highest BCUT2D eigenvalue weighted by Gasteiger charge is 2.36. The van der Waals surface area contributed by atoms with E-state index >= 15 is 0 Å². The highest BCUT2D eigenvalue weighted by molar-refractivity contribution is 8.00. The van der Waals surface area contributed by atoms with E-state index < -0.39 is 0 Å². The van der Waals surface area contributed by atoms with Crippen LogP contribution in [0.15, 0.2) is 29.1 Å². The smallest absolute Gasteiger partial charge is 0.270 e. The van der Waals surface area contributed by atoms with Gasteiger partial charge in [0.15, 0.2) is 0 Å². The van der Waals surface area contributed by atoms with E-state index in [0.29, 0.717) is 18.0 Å². The Morgan fingerprint density at radius 2 is 2.15 bits per heavy atom. The first-order valence-electron chi connectivity index (χ1n) is 9.03. The third-order valence-corrected chi connectivity index (χ3v) is 6.34. The lowest BCUT2D eigenvalue weighted by Gasteiger charge is -2.36. The van der Waals surface area contributed by atoms with Crippen molar-refractivity contribution in [3.05, 3.63) is 45.7 Å². The Labute approximate surface area is 161 Å². The minimum atomic E-state index is -0.330. The zero-order valence-corrected chi connectivity index (χ0v) is 16.1. The number of nitrogens with zero attached hydrogens (tertiary/aromatic N) is 1. The number of fused-ring (bicyclic) bond motifs is 1. The summed E-state index contributed by atoms with van der Waals surface area (Å²) in [6.45, 7) is 4.66. The number of phenolic OH excluding ortho intramolecular Hbond substituents is 1. The molecule has 144 valence electrons. The molecule has 2 atom stereocenters. The van der Waals surface area contributed by atoms with Gasteiger partial charge in [-0.2, -0.15) is 0 Å². The third kappa shape index (κ3) is 3.51. The molecule has 0 saturated carbocycles. The number of amides is 1. The predicted molar refractivity (Wildman–Crippen MR) is 104 cm³/mol.